The van der Waals surface area contributed by atoms with Gasteiger partial charge in [0.1, 0.15) is 5.92 Å². The molecule has 0 bridgehead atoms. The number of carbonyl (C=O) groups excluding carboxylic acids is 4. The zero-order chi connectivity index (χ0) is 29.1. The molecule has 0 aliphatic carbocycles. The van der Waals surface area contributed by atoms with Crippen molar-refractivity contribution >= 4 is 35.0 Å². The van der Waals surface area contributed by atoms with Gasteiger partial charge in [0.05, 0.1) is 0 Å². The van der Waals surface area contributed by atoms with E-state index in [0.717, 1.165) is 5.56 Å². The Hall–Kier alpha value is -4.46. The van der Waals surface area contributed by atoms with Crippen molar-refractivity contribution in [3.8, 4) is 0 Å². The Morgan fingerprint density at radius 3 is 1.30 bits per heavy atom. The van der Waals surface area contributed by atoms with Gasteiger partial charge in [-0.25, -0.2) is 0 Å². The normalized spacial score (nSPS) is 10.6. The molecule has 0 heterocycles. The van der Waals surface area contributed by atoms with Gasteiger partial charge in [-0.1, -0.05) is 30.3 Å². The van der Waals surface area contributed by atoms with Crippen LogP contribution in [-0.4, -0.2) is 59.6 Å². The zero-order valence-electron chi connectivity index (χ0n) is 23.6. The molecule has 0 saturated heterocycles. The summed E-state index contributed by atoms with van der Waals surface area (Å²) in [5, 5.41) is 5.65. The Labute approximate surface area is 236 Å². The number of carbonyl (C=O) groups is 4. The van der Waals surface area contributed by atoms with Crippen LogP contribution in [0.1, 0.15) is 54.0 Å². The van der Waals surface area contributed by atoms with E-state index in [4.69, 9.17) is 0 Å². The molecule has 4 amide bonds. The molecule has 0 unspecified atom stereocenters. The first kappa shape index (κ1) is 30.1. The fourth-order valence-corrected chi connectivity index (χ4v) is 4.39. The maximum Gasteiger partial charge on any atom is 0.253 e. The van der Waals surface area contributed by atoms with Crippen LogP contribution in [0.5, 0.6) is 0 Å². The second-order valence-corrected chi connectivity index (χ2v) is 9.33. The van der Waals surface area contributed by atoms with Crippen LogP contribution in [0.3, 0.4) is 0 Å². The van der Waals surface area contributed by atoms with Crippen LogP contribution in [0, 0.1) is 5.92 Å². The lowest BCUT2D eigenvalue weighted by Crippen LogP contribution is -2.35. The highest BCUT2D eigenvalue weighted by Crippen LogP contribution is 2.18. The lowest BCUT2D eigenvalue weighted by Gasteiger charge is -2.20. The predicted molar refractivity (Wildman–Crippen MR) is 158 cm³/mol. The second kappa shape index (κ2) is 14.6. The molecule has 0 atom stereocenters. The summed E-state index contributed by atoms with van der Waals surface area (Å²) in [5.74, 6) is -2.09. The minimum Gasteiger partial charge on any atom is -0.339 e. The van der Waals surface area contributed by atoms with Gasteiger partial charge in [-0.15, -0.1) is 0 Å². The Balaban J connectivity index is 1.75. The van der Waals surface area contributed by atoms with Gasteiger partial charge in [0.2, 0.25) is 11.8 Å². The molecule has 0 aliphatic heterocycles. The van der Waals surface area contributed by atoms with E-state index in [1.807, 2.05) is 58.0 Å². The SMILES string of the molecule is CCN(CC)C(=O)c1ccc(NC(=O)C(Cc2ccccc2)C(=O)Nc2ccc(C(=O)N(CC)CC)cc2)cc1. The molecule has 0 radical (unpaired) electrons. The van der Waals surface area contributed by atoms with Crippen molar-refractivity contribution in [1.82, 2.24) is 9.80 Å². The highest BCUT2D eigenvalue weighted by atomic mass is 16.2. The van der Waals surface area contributed by atoms with Crippen molar-refractivity contribution in [3.05, 3.63) is 95.6 Å². The number of hydrogen-bond acceptors (Lipinski definition) is 4. The quantitative estimate of drug-likeness (QED) is 0.312. The van der Waals surface area contributed by atoms with E-state index in [-0.39, 0.29) is 18.2 Å². The molecule has 2 N–H and O–H groups in total. The van der Waals surface area contributed by atoms with Gasteiger partial charge in [-0.05, 0) is 88.2 Å². The summed E-state index contributed by atoms with van der Waals surface area (Å²) in [4.78, 5) is 55.4. The number of benzene rings is 3. The van der Waals surface area contributed by atoms with Gasteiger partial charge in [-0.3, -0.25) is 19.2 Å². The molecule has 3 aromatic rings. The summed E-state index contributed by atoms with van der Waals surface area (Å²) in [6.07, 6.45) is 0.204. The maximum absolute atomic E-state index is 13.4. The molecule has 8 heteroatoms. The number of rotatable bonds is 12. The van der Waals surface area contributed by atoms with E-state index in [2.05, 4.69) is 10.6 Å². The first-order valence-electron chi connectivity index (χ1n) is 13.7. The summed E-state index contributed by atoms with van der Waals surface area (Å²) < 4.78 is 0. The fourth-order valence-electron chi connectivity index (χ4n) is 4.39. The fraction of sp³-hybridized carbons (Fsp3) is 0.312. The van der Waals surface area contributed by atoms with E-state index >= 15 is 0 Å². The largest absolute Gasteiger partial charge is 0.339 e. The van der Waals surface area contributed by atoms with Crippen molar-refractivity contribution in [2.45, 2.75) is 34.1 Å². The molecule has 210 valence electrons. The van der Waals surface area contributed by atoms with E-state index in [9.17, 15) is 19.2 Å². The van der Waals surface area contributed by atoms with Gasteiger partial charge in [0.15, 0.2) is 0 Å². The molecular formula is C32H38N4O4. The van der Waals surface area contributed by atoms with Gasteiger partial charge in [0.25, 0.3) is 11.8 Å². The predicted octanol–water partition coefficient (Wildman–Crippen LogP) is 5.09. The molecule has 3 rings (SSSR count). The lowest BCUT2D eigenvalue weighted by molar-refractivity contribution is -0.129. The van der Waals surface area contributed by atoms with Crippen molar-refractivity contribution in [2.24, 2.45) is 5.92 Å². The van der Waals surface area contributed by atoms with Crippen molar-refractivity contribution in [3.63, 3.8) is 0 Å². The summed E-state index contributed by atoms with van der Waals surface area (Å²) in [7, 11) is 0. The highest BCUT2D eigenvalue weighted by molar-refractivity contribution is 6.11. The molecule has 0 aliphatic rings. The summed E-state index contributed by atoms with van der Waals surface area (Å²) in [5.41, 5.74) is 2.89. The van der Waals surface area contributed by atoms with E-state index < -0.39 is 17.7 Å². The van der Waals surface area contributed by atoms with Crippen LogP contribution in [-0.2, 0) is 16.0 Å². The molecule has 40 heavy (non-hydrogen) atoms. The van der Waals surface area contributed by atoms with E-state index in [1.165, 1.54) is 0 Å². The van der Waals surface area contributed by atoms with Crippen LogP contribution in [0.15, 0.2) is 78.9 Å². The van der Waals surface area contributed by atoms with Crippen LogP contribution >= 0.6 is 0 Å². The number of anilines is 2. The molecule has 0 saturated carbocycles. The molecule has 0 fully saturated rings. The Bertz CT molecular complexity index is 1200. The van der Waals surface area contributed by atoms with Crippen LogP contribution in [0.2, 0.25) is 0 Å². The summed E-state index contributed by atoms with van der Waals surface area (Å²) in [6, 6.07) is 22.7. The van der Waals surface area contributed by atoms with Crippen molar-refractivity contribution < 1.29 is 19.2 Å². The average molecular weight is 543 g/mol. The lowest BCUT2D eigenvalue weighted by atomic mass is 9.97. The van der Waals surface area contributed by atoms with E-state index in [0.29, 0.717) is 48.7 Å². The highest BCUT2D eigenvalue weighted by Gasteiger charge is 2.27. The van der Waals surface area contributed by atoms with E-state index in [1.54, 1.807) is 58.3 Å². The zero-order valence-corrected chi connectivity index (χ0v) is 23.6. The molecule has 0 aromatic heterocycles. The number of amides is 4. The third-order valence-corrected chi connectivity index (χ3v) is 6.82. The number of hydrogen-bond donors (Lipinski definition) is 2. The third-order valence-electron chi connectivity index (χ3n) is 6.82. The third kappa shape index (κ3) is 7.79. The second-order valence-electron chi connectivity index (χ2n) is 9.33. The molecule has 0 spiro atoms. The van der Waals surface area contributed by atoms with Crippen molar-refractivity contribution in [1.29, 1.82) is 0 Å². The van der Waals surface area contributed by atoms with Gasteiger partial charge in [0, 0.05) is 48.7 Å². The van der Waals surface area contributed by atoms with Crippen LogP contribution in [0.4, 0.5) is 11.4 Å². The maximum atomic E-state index is 13.4. The Morgan fingerprint density at radius 2 is 0.950 bits per heavy atom. The van der Waals surface area contributed by atoms with Gasteiger partial charge in [-0.2, -0.15) is 0 Å². The Morgan fingerprint density at radius 1 is 0.575 bits per heavy atom. The number of nitrogens with one attached hydrogen (secondary N) is 2. The molecular weight excluding hydrogens is 504 g/mol. The molecule has 8 nitrogen and oxygen atoms in total. The monoisotopic (exact) mass is 542 g/mol. The minimum atomic E-state index is -1.02. The van der Waals surface area contributed by atoms with Gasteiger partial charge < -0.3 is 20.4 Å². The minimum absolute atomic E-state index is 0.0750. The Kier molecular flexibility index (Phi) is 11.0. The van der Waals surface area contributed by atoms with Gasteiger partial charge >= 0.3 is 0 Å². The van der Waals surface area contributed by atoms with Crippen molar-refractivity contribution in [2.75, 3.05) is 36.8 Å². The standard InChI is InChI=1S/C32H38N4O4/c1-5-35(6-2)31(39)24-14-18-26(19-15-24)33-29(37)28(22-23-12-10-9-11-13-23)30(38)34-27-20-16-25(17-21-27)32(40)36(7-3)8-4/h9-21,28H,5-8,22H2,1-4H3,(H,33,37)(H,34,38). The van der Waals surface area contributed by atoms with Crippen LogP contribution < -0.4 is 10.6 Å². The topological polar surface area (TPSA) is 98.8 Å². The molecule has 3 aromatic carbocycles. The van der Waals surface area contributed by atoms with Crippen LogP contribution in [0.25, 0.3) is 0 Å². The summed E-state index contributed by atoms with van der Waals surface area (Å²) >= 11 is 0. The smallest absolute Gasteiger partial charge is 0.253 e. The number of nitrogens with zero attached hydrogens (tertiary/aromatic N) is 2. The first-order chi connectivity index (χ1) is 19.3. The summed E-state index contributed by atoms with van der Waals surface area (Å²) in [6.45, 7) is 10.1. The average Bonchev–Trinajstić information content (AvgIpc) is 2.98. The first-order valence-corrected chi connectivity index (χ1v) is 13.7.